The molecule has 0 aliphatic carbocycles. The Hall–Kier alpha value is -2.64. The SMILES string of the molecule is O=C(C[NH+]1CCN(c2ccccc2)CC1)Nc1ccc(Cl)cc1[N+](=O)[O-]. The molecule has 1 aliphatic heterocycles. The van der Waals surface area contributed by atoms with E-state index in [-0.39, 0.29) is 28.8 Å². The molecule has 0 saturated carbocycles. The van der Waals surface area contributed by atoms with Crippen molar-refractivity contribution in [2.75, 3.05) is 42.9 Å². The molecule has 2 aromatic rings. The van der Waals surface area contributed by atoms with Gasteiger partial charge in [-0.2, -0.15) is 0 Å². The summed E-state index contributed by atoms with van der Waals surface area (Å²) >= 11 is 5.79. The summed E-state index contributed by atoms with van der Waals surface area (Å²) in [7, 11) is 0. The Morgan fingerprint density at radius 2 is 1.88 bits per heavy atom. The molecule has 7 nitrogen and oxygen atoms in total. The van der Waals surface area contributed by atoms with Crippen LogP contribution in [-0.4, -0.2) is 43.6 Å². The molecule has 136 valence electrons. The van der Waals surface area contributed by atoms with Gasteiger partial charge in [0, 0.05) is 16.8 Å². The lowest BCUT2D eigenvalue weighted by Crippen LogP contribution is -3.15. The second-order valence-corrected chi connectivity index (χ2v) is 6.65. The van der Waals surface area contributed by atoms with Gasteiger partial charge in [-0.15, -0.1) is 0 Å². The normalized spacial score (nSPS) is 14.9. The molecule has 1 saturated heterocycles. The van der Waals surface area contributed by atoms with E-state index in [1.165, 1.54) is 23.9 Å². The maximum atomic E-state index is 12.3. The maximum absolute atomic E-state index is 12.3. The number of piperazine rings is 1. The number of anilines is 2. The molecule has 0 aromatic heterocycles. The zero-order chi connectivity index (χ0) is 18.5. The average Bonchev–Trinajstić information content (AvgIpc) is 2.64. The number of para-hydroxylation sites is 1. The summed E-state index contributed by atoms with van der Waals surface area (Å²) < 4.78 is 0. The van der Waals surface area contributed by atoms with Crippen molar-refractivity contribution in [2.24, 2.45) is 0 Å². The lowest BCUT2D eigenvalue weighted by molar-refractivity contribution is -0.892. The summed E-state index contributed by atoms with van der Waals surface area (Å²) in [6.45, 7) is 3.69. The fraction of sp³-hybridized carbons (Fsp3) is 0.278. The first-order valence-corrected chi connectivity index (χ1v) is 8.78. The van der Waals surface area contributed by atoms with Gasteiger partial charge >= 0.3 is 0 Å². The molecular weight excluding hydrogens is 356 g/mol. The summed E-state index contributed by atoms with van der Waals surface area (Å²) in [5, 5.41) is 14.0. The van der Waals surface area contributed by atoms with Crippen LogP contribution < -0.4 is 15.1 Å². The standard InChI is InChI=1S/C18H19ClN4O3/c19-14-6-7-16(17(12-14)23(25)26)20-18(24)13-21-8-10-22(11-9-21)15-4-2-1-3-5-15/h1-7,12H,8-11,13H2,(H,20,24)/p+1. The second-order valence-electron chi connectivity index (χ2n) is 6.22. The van der Waals surface area contributed by atoms with Gasteiger partial charge in [0.05, 0.1) is 31.1 Å². The minimum Gasteiger partial charge on any atom is -0.360 e. The Labute approximate surface area is 156 Å². The smallest absolute Gasteiger partial charge is 0.294 e. The zero-order valence-corrected chi connectivity index (χ0v) is 14.9. The Balaban J connectivity index is 1.54. The first-order chi connectivity index (χ1) is 12.5. The van der Waals surface area contributed by atoms with Crippen molar-refractivity contribution in [3.63, 3.8) is 0 Å². The molecule has 0 atom stereocenters. The number of nitro groups is 1. The van der Waals surface area contributed by atoms with Gasteiger partial charge in [-0.3, -0.25) is 14.9 Å². The number of hydrogen-bond donors (Lipinski definition) is 2. The monoisotopic (exact) mass is 375 g/mol. The molecule has 1 amide bonds. The Morgan fingerprint density at radius 3 is 2.54 bits per heavy atom. The molecule has 8 heteroatoms. The average molecular weight is 376 g/mol. The number of halogens is 1. The van der Waals surface area contributed by atoms with Crippen LogP contribution in [0.4, 0.5) is 17.1 Å². The second kappa shape index (κ2) is 8.16. The highest BCUT2D eigenvalue weighted by molar-refractivity contribution is 6.31. The molecule has 1 fully saturated rings. The molecule has 2 aromatic carbocycles. The van der Waals surface area contributed by atoms with Crippen LogP contribution in [0.2, 0.25) is 5.02 Å². The number of nitrogens with one attached hydrogen (secondary N) is 2. The third kappa shape index (κ3) is 4.50. The van der Waals surface area contributed by atoms with Gasteiger partial charge in [-0.05, 0) is 24.3 Å². The molecule has 0 radical (unpaired) electrons. The number of carbonyl (C=O) groups excluding carboxylic acids is 1. The van der Waals surface area contributed by atoms with E-state index in [2.05, 4.69) is 22.3 Å². The van der Waals surface area contributed by atoms with Gasteiger partial charge in [0.1, 0.15) is 5.69 Å². The van der Waals surface area contributed by atoms with Crippen molar-refractivity contribution in [1.82, 2.24) is 0 Å². The van der Waals surface area contributed by atoms with Crippen LogP contribution in [0, 0.1) is 10.1 Å². The number of benzene rings is 2. The van der Waals surface area contributed by atoms with Crippen LogP contribution in [0.3, 0.4) is 0 Å². The lowest BCUT2D eigenvalue weighted by Gasteiger charge is -2.33. The number of nitrogens with zero attached hydrogens (tertiary/aromatic N) is 2. The third-order valence-corrected chi connectivity index (χ3v) is 4.67. The van der Waals surface area contributed by atoms with Gasteiger partial charge < -0.3 is 15.1 Å². The Morgan fingerprint density at radius 1 is 1.19 bits per heavy atom. The van der Waals surface area contributed by atoms with Crippen LogP contribution in [0.5, 0.6) is 0 Å². The van der Waals surface area contributed by atoms with Gasteiger partial charge in [0.15, 0.2) is 6.54 Å². The summed E-state index contributed by atoms with van der Waals surface area (Å²) in [5.41, 5.74) is 1.16. The maximum Gasteiger partial charge on any atom is 0.294 e. The van der Waals surface area contributed by atoms with Crippen LogP contribution >= 0.6 is 11.6 Å². The summed E-state index contributed by atoms with van der Waals surface area (Å²) in [6.07, 6.45) is 0. The van der Waals surface area contributed by atoms with E-state index in [0.717, 1.165) is 31.1 Å². The minimum absolute atomic E-state index is 0.173. The van der Waals surface area contributed by atoms with Crippen LogP contribution in [-0.2, 0) is 4.79 Å². The van der Waals surface area contributed by atoms with Crippen LogP contribution in [0.25, 0.3) is 0 Å². The molecule has 3 rings (SSSR count). The zero-order valence-electron chi connectivity index (χ0n) is 14.2. The fourth-order valence-electron chi connectivity index (χ4n) is 3.08. The molecule has 2 N–H and O–H groups in total. The van der Waals surface area contributed by atoms with Crippen molar-refractivity contribution in [3.8, 4) is 0 Å². The van der Waals surface area contributed by atoms with E-state index in [4.69, 9.17) is 11.6 Å². The number of quaternary nitrogens is 1. The topological polar surface area (TPSA) is 79.9 Å². The van der Waals surface area contributed by atoms with E-state index >= 15 is 0 Å². The summed E-state index contributed by atoms with van der Waals surface area (Å²) in [5.74, 6) is -0.237. The predicted octanol–water partition coefficient (Wildman–Crippen LogP) is 1.59. The highest BCUT2D eigenvalue weighted by atomic mass is 35.5. The number of amides is 1. The highest BCUT2D eigenvalue weighted by Gasteiger charge is 2.23. The summed E-state index contributed by atoms with van der Waals surface area (Å²) in [6, 6.07) is 14.4. The molecule has 0 spiro atoms. The molecule has 0 bridgehead atoms. The number of hydrogen-bond acceptors (Lipinski definition) is 4. The Bertz CT molecular complexity index is 792. The predicted molar refractivity (Wildman–Crippen MR) is 101 cm³/mol. The van der Waals surface area contributed by atoms with Gasteiger partial charge in [0.2, 0.25) is 0 Å². The number of nitro benzene ring substituents is 1. The van der Waals surface area contributed by atoms with Crippen molar-refractivity contribution in [1.29, 1.82) is 0 Å². The lowest BCUT2D eigenvalue weighted by atomic mass is 10.2. The van der Waals surface area contributed by atoms with E-state index in [0.29, 0.717) is 0 Å². The van der Waals surface area contributed by atoms with Crippen molar-refractivity contribution < 1.29 is 14.6 Å². The van der Waals surface area contributed by atoms with Crippen molar-refractivity contribution in [2.45, 2.75) is 0 Å². The fourth-order valence-corrected chi connectivity index (χ4v) is 3.25. The van der Waals surface area contributed by atoms with E-state index in [1.54, 1.807) is 0 Å². The molecule has 26 heavy (non-hydrogen) atoms. The largest absolute Gasteiger partial charge is 0.360 e. The van der Waals surface area contributed by atoms with Gasteiger partial charge in [0.25, 0.3) is 11.6 Å². The number of rotatable bonds is 5. The first-order valence-electron chi connectivity index (χ1n) is 8.40. The summed E-state index contributed by atoms with van der Waals surface area (Å²) in [4.78, 5) is 26.3. The van der Waals surface area contributed by atoms with Crippen LogP contribution in [0.15, 0.2) is 48.5 Å². The molecule has 1 heterocycles. The quantitative estimate of drug-likeness (QED) is 0.614. The molecular formula is C18H20ClN4O3+. The van der Waals surface area contributed by atoms with Crippen LogP contribution in [0.1, 0.15) is 0 Å². The van der Waals surface area contributed by atoms with E-state index < -0.39 is 4.92 Å². The van der Waals surface area contributed by atoms with Crippen molar-refractivity contribution >= 4 is 34.6 Å². The third-order valence-electron chi connectivity index (χ3n) is 4.43. The van der Waals surface area contributed by atoms with Gasteiger partial charge in [-0.1, -0.05) is 29.8 Å². The van der Waals surface area contributed by atoms with Gasteiger partial charge in [-0.25, -0.2) is 0 Å². The van der Waals surface area contributed by atoms with Crippen molar-refractivity contribution in [3.05, 3.63) is 63.7 Å². The first kappa shape index (κ1) is 18.2. The highest BCUT2D eigenvalue weighted by Crippen LogP contribution is 2.27. The Kier molecular flexibility index (Phi) is 5.70. The van der Waals surface area contributed by atoms with E-state index in [9.17, 15) is 14.9 Å². The molecule has 0 unspecified atom stereocenters. The minimum atomic E-state index is -0.549. The van der Waals surface area contributed by atoms with E-state index in [1.807, 2.05) is 18.2 Å². The number of carbonyl (C=O) groups is 1. The molecule has 1 aliphatic rings.